The van der Waals surface area contributed by atoms with Gasteiger partial charge >= 0.3 is 13.2 Å². The Bertz CT molecular complexity index is 620. The smallest absolute Gasteiger partial charge is 0.387 e. The molecule has 0 saturated heterocycles. The lowest BCUT2D eigenvalue weighted by molar-refractivity contribution is -0.0693. The monoisotopic (exact) mass is 347 g/mol. The molecule has 1 aromatic rings. The standard InChI is InChI=1S/C16H17F4NO3/c1-9-4-5-16(8-21,13(22)6-9)10-2-3-11(23-14(17)18)12(7-10)24-15(19)20/h2-3,7,9,13-15,22H,4-6H2,1H3. The SMILES string of the molecule is CC1CCC(C#N)(c2ccc(OC(F)F)c(OC(F)F)c2)C(O)C1. The number of aliphatic hydroxyl groups excluding tert-OH is 1. The molecule has 0 radical (unpaired) electrons. The predicted molar refractivity (Wildman–Crippen MR) is 76.0 cm³/mol. The maximum absolute atomic E-state index is 12.5. The summed E-state index contributed by atoms with van der Waals surface area (Å²) < 4.78 is 58.2. The van der Waals surface area contributed by atoms with E-state index < -0.39 is 36.2 Å². The second-order valence-electron chi connectivity index (χ2n) is 5.90. The van der Waals surface area contributed by atoms with Crippen LogP contribution < -0.4 is 9.47 Å². The van der Waals surface area contributed by atoms with Crippen molar-refractivity contribution in [2.24, 2.45) is 5.92 Å². The molecule has 1 aliphatic carbocycles. The summed E-state index contributed by atoms with van der Waals surface area (Å²) in [6, 6.07) is 5.49. The van der Waals surface area contributed by atoms with Crippen LogP contribution in [0, 0.1) is 17.2 Å². The predicted octanol–water partition coefficient (Wildman–Crippen LogP) is 3.83. The van der Waals surface area contributed by atoms with Gasteiger partial charge in [0.2, 0.25) is 0 Å². The third-order valence-corrected chi connectivity index (χ3v) is 4.32. The summed E-state index contributed by atoms with van der Waals surface area (Å²) >= 11 is 0. The Morgan fingerprint density at radius 1 is 1.21 bits per heavy atom. The van der Waals surface area contributed by atoms with Crippen molar-refractivity contribution in [1.29, 1.82) is 5.26 Å². The van der Waals surface area contributed by atoms with E-state index in [2.05, 4.69) is 15.5 Å². The number of halogens is 4. The molecule has 1 fully saturated rings. The Morgan fingerprint density at radius 2 is 1.83 bits per heavy atom. The number of hydrogen-bond acceptors (Lipinski definition) is 4. The minimum absolute atomic E-state index is 0.222. The zero-order chi connectivity index (χ0) is 17.9. The number of nitriles is 1. The number of nitrogens with zero attached hydrogens (tertiary/aromatic N) is 1. The van der Waals surface area contributed by atoms with Crippen molar-refractivity contribution in [2.45, 2.75) is 50.9 Å². The van der Waals surface area contributed by atoms with Gasteiger partial charge in [-0.1, -0.05) is 13.0 Å². The first-order valence-corrected chi connectivity index (χ1v) is 7.42. The largest absolute Gasteiger partial charge is 0.431 e. The third-order valence-electron chi connectivity index (χ3n) is 4.32. The Labute approximate surface area is 136 Å². The number of ether oxygens (including phenoxy) is 2. The molecule has 0 amide bonds. The molecule has 4 nitrogen and oxygen atoms in total. The summed E-state index contributed by atoms with van der Waals surface area (Å²) in [5.41, 5.74) is -1.06. The second-order valence-corrected chi connectivity index (χ2v) is 5.90. The van der Waals surface area contributed by atoms with Gasteiger partial charge in [0.05, 0.1) is 12.2 Å². The van der Waals surface area contributed by atoms with E-state index in [1.165, 1.54) is 6.07 Å². The van der Waals surface area contributed by atoms with Crippen LogP contribution in [-0.4, -0.2) is 24.4 Å². The van der Waals surface area contributed by atoms with Crippen LogP contribution in [0.3, 0.4) is 0 Å². The van der Waals surface area contributed by atoms with E-state index in [0.717, 1.165) is 12.1 Å². The Balaban J connectivity index is 2.44. The van der Waals surface area contributed by atoms with E-state index in [9.17, 15) is 27.9 Å². The van der Waals surface area contributed by atoms with Gasteiger partial charge in [-0.15, -0.1) is 0 Å². The van der Waals surface area contributed by atoms with E-state index in [1.54, 1.807) is 0 Å². The van der Waals surface area contributed by atoms with Crippen molar-refractivity contribution in [3.63, 3.8) is 0 Å². The maximum Gasteiger partial charge on any atom is 0.387 e. The Kier molecular flexibility index (Phi) is 5.54. The summed E-state index contributed by atoms with van der Waals surface area (Å²) in [5, 5.41) is 20.0. The van der Waals surface area contributed by atoms with Crippen LogP contribution in [0.2, 0.25) is 0 Å². The van der Waals surface area contributed by atoms with E-state index in [-0.39, 0.29) is 11.5 Å². The Hall–Kier alpha value is -2.01. The average Bonchev–Trinajstić information content (AvgIpc) is 2.49. The zero-order valence-electron chi connectivity index (χ0n) is 12.9. The normalized spacial score (nSPS) is 27.1. The molecular weight excluding hydrogens is 330 g/mol. The van der Waals surface area contributed by atoms with Gasteiger partial charge in [-0.2, -0.15) is 22.8 Å². The number of hydrogen-bond donors (Lipinski definition) is 1. The number of alkyl halides is 4. The van der Waals surface area contributed by atoms with Crippen LogP contribution in [-0.2, 0) is 5.41 Å². The number of aliphatic hydroxyl groups is 1. The molecule has 1 aliphatic rings. The van der Waals surface area contributed by atoms with Crippen LogP contribution in [0.15, 0.2) is 18.2 Å². The van der Waals surface area contributed by atoms with Crippen molar-refractivity contribution in [1.82, 2.24) is 0 Å². The van der Waals surface area contributed by atoms with Crippen LogP contribution in [0.25, 0.3) is 0 Å². The molecule has 0 bridgehead atoms. The molecule has 0 heterocycles. The first-order chi connectivity index (χ1) is 11.3. The van der Waals surface area contributed by atoms with Gasteiger partial charge in [-0.25, -0.2) is 0 Å². The quantitative estimate of drug-likeness (QED) is 0.822. The minimum atomic E-state index is -3.24. The molecule has 132 valence electrons. The highest BCUT2D eigenvalue weighted by Crippen LogP contribution is 2.44. The average molecular weight is 347 g/mol. The summed E-state index contributed by atoms with van der Waals surface area (Å²) in [4.78, 5) is 0. The molecule has 0 aromatic heterocycles. The van der Waals surface area contributed by atoms with Crippen molar-refractivity contribution in [3.8, 4) is 17.6 Å². The molecule has 0 aliphatic heterocycles. The highest BCUT2D eigenvalue weighted by molar-refractivity contribution is 5.48. The number of rotatable bonds is 5. The lowest BCUT2D eigenvalue weighted by Gasteiger charge is -2.39. The molecule has 8 heteroatoms. The topological polar surface area (TPSA) is 62.5 Å². The fourth-order valence-corrected chi connectivity index (χ4v) is 3.04. The molecule has 3 atom stereocenters. The van der Waals surface area contributed by atoms with Crippen molar-refractivity contribution >= 4 is 0 Å². The summed E-state index contributed by atoms with van der Waals surface area (Å²) in [7, 11) is 0. The van der Waals surface area contributed by atoms with Gasteiger partial charge in [0.1, 0.15) is 5.41 Å². The van der Waals surface area contributed by atoms with E-state index in [0.29, 0.717) is 19.3 Å². The van der Waals surface area contributed by atoms with Crippen LogP contribution in [0.1, 0.15) is 31.7 Å². The lowest BCUT2D eigenvalue weighted by Crippen LogP contribution is -2.43. The maximum atomic E-state index is 12.5. The van der Waals surface area contributed by atoms with Gasteiger partial charge in [-0.3, -0.25) is 0 Å². The molecule has 0 spiro atoms. The van der Waals surface area contributed by atoms with E-state index in [4.69, 9.17) is 0 Å². The van der Waals surface area contributed by atoms with Gasteiger partial charge in [-0.05, 0) is 42.9 Å². The highest BCUT2D eigenvalue weighted by atomic mass is 19.3. The van der Waals surface area contributed by atoms with Crippen LogP contribution in [0.4, 0.5) is 17.6 Å². The van der Waals surface area contributed by atoms with E-state index in [1.807, 2.05) is 6.92 Å². The van der Waals surface area contributed by atoms with Crippen LogP contribution in [0.5, 0.6) is 11.5 Å². The van der Waals surface area contributed by atoms with Crippen molar-refractivity contribution < 1.29 is 32.1 Å². The molecular formula is C16H17F4NO3. The van der Waals surface area contributed by atoms with Gasteiger partial charge in [0.15, 0.2) is 11.5 Å². The molecule has 1 aromatic carbocycles. The molecule has 1 saturated carbocycles. The minimum Gasteiger partial charge on any atom is -0.431 e. The van der Waals surface area contributed by atoms with Gasteiger partial charge < -0.3 is 14.6 Å². The van der Waals surface area contributed by atoms with Gasteiger partial charge in [0.25, 0.3) is 0 Å². The van der Waals surface area contributed by atoms with Crippen molar-refractivity contribution in [2.75, 3.05) is 0 Å². The fourth-order valence-electron chi connectivity index (χ4n) is 3.04. The summed E-state index contributed by atoms with van der Waals surface area (Å²) in [6.45, 7) is -4.51. The lowest BCUT2D eigenvalue weighted by atomic mass is 9.66. The first-order valence-electron chi connectivity index (χ1n) is 7.42. The fraction of sp³-hybridized carbons (Fsp3) is 0.562. The second kappa shape index (κ2) is 7.26. The summed E-state index contributed by atoms with van der Waals surface area (Å²) in [5.74, 6) is -0.927. The zero-order valence-corrected chi connectivity index (χ0v) is 12.9. The molecule has 3 unspecified atom stereocenters. The number of benzene rings is 1. The van der Waals surface area contributed by atoms with Gasteiger partial charge in [0, 0.05) is 0 Å². The molecule has 2 rings (SSSR count). The first kappa shape index (κ1) is 18.3. The van der Waals surface area contributed by atoms with Crippen molar-refractivity contribution in [3.05, 3.63) is 23.8 Å². The summed E-state index contributed by atoms with van der Waals surface area (Å²) in [6.07, 6.45) is 0.390. The third kappa shape index (κ3) is 3.73. The highest BCUT2D eigenvalue weighted by Gasteiger charge is 2.44. The van der Waals surface area contributed by atoms with E-state index >= 15 is 0 Å². The molecule has 1 N–H and O–H groups in total. The van der Waals surface area contributed by atoms with Crippen LogP contribution >= 0.6 is 0 Å². The molecule has 24 heavy (non-hydrogen) atoms. The Morgan fingerprint density at radius 3 is 2.38 bits per heavy atom.